The number of nitrogens with one attached hydrogen (secondary N) is 1. The fraction of sp³-hybridized carbons (Fsp3) is 0.348. The van der Waals surface area contributed by atoms with Crippen LogP contribution in [0.1, 0.15) is 44.7 Å². The van der Waals surface area contributed by atoms with Gasteiger partial charge in [-0.3, -0.25) is 4.79 Å². The average molecular weight is 351 g/mol. The molecule has 1 aliphatic heterocycles. The van der Waals surface area contributed by atoms with Crippen molar-refractivity contribution in [1.29, 1.82) is 0 Å². The number of rotatable bonds is 8. The van der Waals surface area contributed by atoms with Crippen LogP contribution in [0.3, 0.4) is 0 Å². The maximum absolute atomic E-state index is 12.7. The summed E-state index contributed by atoms with van der Waals surface area (Å²) >= 11 is 0. The summed E-state index contributed by atoms with van der Waals surface area (Å²) < 4.78 is 0. The molecule has 1 unspecified atom stereocenters. The summed E-state index contributed by atoms with van der Waals surface area (Å²) in [5.74, 6) is 0.336. The lowest BCUT2D eigenvalue weighted by Gasteiger charge is -2.33. The molecule has 1 atom stereocenters. The quantitative estimate of drug-likeness (QED) is 0.641. The topological polar surface area (TPSA) is 32.3 Å². The Morgan fingerprint density at radius 3 is 2.73 bits per heavy atom. The van der Waals surface area contributed by atoms with Gasteiger partial charge in [-0.2, -0.15) is 0 Å². The number of carbonyl (C=O) groups is 1. The zero-order valence-electron chi connectivity index (χ0n) is 16.4. The molecule has 1 heterocycles. The number of aryl methyl sites for hydroxylation is 1. The highest BCUT2D eigenvalue weighted by Gasteiger charge is 2.25. The van der Waals surface area contributed by atoms with E-state index in [1.54, 1.807) is 6.08 Å². The van der Waals surface area contributed by atoms with Gasteiger partial charge in [0.15, 0.2) is 0 Å². The van der Waals surface area contributed by atoms with Crippen molar-refractivity contribution in [3.05, 3.63) is 71.6 Å². The molecule has 0 radical (unpaired) electrons. The highest BCUT2D eigenvalue weighted by atomic mass is 16.2. The summed E-state index contributed by atoms with van der Waals surface area (Å²) in [6.45, 7) is 13.0. The Bertz CT molecular complexity index is 755. The SMILES string of the molecule is C=C/C(=C\C(C)CCC)NC(=O)C1=CCN1c1ccc(/C=C\C)c(C)c1. The molecule has 1 aliphatic rings. The number of carbonyl (C=O) groups excluding carboxylic acids is 1. The van der Waals surface area contributed by atoms with Crippen molar-refractivity contribution in [1.82, 2.24) is 5.32 Å². The van der Waals surface area contributed by atoms with Gasteiger partial charge in [0.05, 0.1) is 0 Å². The van der Waals surface area contributed by atoms with Gasteiger partial charge < -0.3 is 10.2 Å². The number of anilines is 1. The lowest BCUT2D eigenvalue weighted by atomic mass is 10.0. The molecule has 2 rings (SSSR count). The maximum atomic E-state index is 12.7. The minimum absolute atomic E-state index is 0.0821. The summed E-state index contributed by atoms with van der Waals surface area (Å²) in [4.78, 5) is 14.7. The predicted octanol–water partition coefficient (Wildman–Crippen LogP) is 5.35. The van der Waals surface area contributed by atoms with Crippen LogP contribution in [-0.2, 0) is 4.79 Å². The average Bonchev–Trinajstić information content (AvgIpc) is 2.56. The largest absolute Gasteiger partial charge is 0.333 e. The molecule has 138 valence electrons. The van der Waals surface area contributed by atoms with E-state index >= 15 is 0 Å². The molecule has 3 heteroatoms. The standard InChI is InChI=1S/C23H30N2O/c1-6-9-17(4)15-20(8-3)24-23(26)22-13-14-25(22)21-12-11-19(10-7-2)18(5)16-21/h7-8,10-13,15-17H,3,6,9,14H2,1-2,4-5H3,(H,24,26)/b10-7-,20-15+. The van der Waals surface area contributed by atoms with Crippen LogP contribution in [0.2, 0.25) is 0 Å². The number of hydrogen-bond acceptors (Lipinski definition) is 2. The summed E-state index contributed by atoms with van der Waals surface area (Å²) in [5, 5.41) is 2.99. The first-order valence-electron chi connectivity index (χ1n) is 9.36. The Morgan fingerprint density at radius 1 is 1.42 bits per heavy atom. The van der Waals surface area contributed by atoms with Crippen molar-refractivity contribution in [2.24, 2.45) is 5.92 Å². The van der Waals surface area contributed by atoms with Crippen LogP contribution < -0.4 is 10.2 Å². The molecule has 0 saturated heterocycles. The third kappa shape index (κ3) is 4.75. The van der Waals surface area contributed by atoms with Crippen LogP contribution in [-0.4, -0.2) is 12.5 Å². The Morgan fingerprint density at radius 2 is 2.19 bits per heavy atom. The lowest BCUT2D eigenvalue weighted by molar-refractivity contribution is -0.117. The third-order valence-electron chi connectivity index (χ3n) is 4.59. The van der Waals surface area contributed by atoms with Crippen molar-refractivity contribution in [3.8, 4) is 0 Å². The highest BCUT2D eigenvalue weighted by Crippen LogP contribution is 2.28. The van der Waals surface area contributed by atoms with Crippen LogP contribution in [0.25, 0.3) is 6.08 Å². The van der Waals surface area contributed by atoms with Crippen LogP contribution in [0.4, 0.5) is 5.69 Å². The molecule has 0 aromatic heterocycles. The zero-order chi connectivity index (χ0) is 19.1. The Hall–Kier alpha value is -2.55. The summed E-state index contributed by atoms with van der Waals surface area (Å²) in [5.41, 5.74) is 4.93. The van der Waals surface area contributed by atoms with Gasteiger partial charge in [0, 0.05) is 17.9 Å². The first kappa shape index (κ1) is 19.8. The van der Waals surface area contributed by atoms with Crippen LogP contribution in [0.5, 0.6) is 0 Å². The molecule has 0 bridgehead atoms. The molecule has 0 saturated carbocycles. The highest BCUT2D eigenvalue weighted by molar-refractivity contribution is 6.00. The molecule has 0 fully saturated rings. The van der Waals surface area contributed by atoms with E-state index in [0.29, 0.717) is 11.6 Å². The number of allylic oxidation sites excluding steroid dienone is 3. The van der Waals surface area contributed by atoms with E-state index in [4.69, 9.17) is 0 Å². The minimum atomic E-state index is -0.0821. The first-order chi connectivity index (χ1) is 12.5. The number of benzene rings is 1. The van der Waals surface area contributed by atoms with Gasteiger partial charge in [-0.25, -0.2) is 0 Å². The third-order valence-corrected chi connectivity index (χ3v) is 4.59. The van der Waals surface area contributed by atoms with E-state index in [2.05, 4.69) is 63.0 Å². The van der Waals surface area contributed by atoms with Gasteiger partial charge in [-0.1, -0.05) is 51.1 Å². The number of nitrogens with zero attached hydrogens (tertiary/aromatic N) is 1. The van der Waals surface area contributed by atoms with Crippen molar-refractivity contribution in [2.45, 2.75) is 40.5 Å². The molecule has 0 aliphatic carbocycles. The summed E-state index contributed by atoms with van der Waals surface area (Å²) in [6.07, 6.45) is 12.1. The van der Waals surface area contributed by atoms with Gasteiger partial charge in [0.1, 0.15) is 5.70 Å². The van der Waals surface area contributed by atoms with Gasteiger partial charge in [-0.05, 0) is 61.6 Å². The molecule has 26 heavy (non-hydrogen) atoms. The molecule has 1 aromatic carbocycles. The lowest BCUT2D eigenvalue weighted by Crippen LogP contribution is -2.41. The van der Waals surface area contributed by atoms with E-state index < -0.39 is 0 Å². The Labute approximate surface area is 157 Å². The molecule has 1 amide bonds. The minimum Gasteiger partial charge on any atom is -0.333 e. The fourth-order valence-electron chi connectivity index (χ4n) is 3.13. The summed E-state index contributed by atoms with van der Waals surface area (Å²) in [6, 6.07) is 6.29. The van der Waals surface area contributed by atoms with E-state index in [0.717, 1.165) is 30.8 Å². The first-order valence-corrected chi connectivity index (χ1v) is 9.36. The van der Waals surface area contributed by atoms with E-state index in [9.17, 15) is 4.79 Å². The second-order valence-corrected chi connectivity index (χ2v) is 6.79. The predicted molar refractivity (Wildman–Crippen MR) is 112 cm³/mol. The second-order valence-electron chi connectivity index (χ2n) is 6.79. The van der Waals surface area contributed by atoms with E-state index in [-0.39, 0.29) is 5.91 Å². The van der Waals surface area contributed by atoms with Crippen molar-refractivity contribution >= 4 is 17.7 Å². The van der Waals surface area contributed by atoms with Gasteiger partial charge in [0.2, 0.25) is 0 Å². The normalized spacial score (nSPS) is 15.5. The second kappa shape index (κ2) is 9.23. The molecular weight excluding hydrogens is 320 g/mol. The Balaban J connectivity index is 2.09. The van der Waals surface area contributed by atoms with E-state index in [1.165, 1.54) is 11.1 Å². The van der Waals surface area contributed by atoms with Crippen LogP contribution in [0, 0.1) is 12.8 Å². The monoisotopic (exact) mass is 350 g/mol. The smallest absolute Gasteiger partial charge is 0.272 e. The molecule has 1 N–H and O–H groups in total. The van der Waals surface area contributed by atoms with Gasteiger partial charge >= 0.3 is 0 Å². The van der Waals surface area contributed by atoms with Gasteiger partial charge in [0.25, 0.3) is 5.91 Å². The van der Waals surface area contributed by atoms with Crippen molar-refractivity contribution in [3.63, 3.8) is 0 Å². The summed E-state index contributed by atoms with van der Waals surface area (Å²) in [7, 11) is 0. The van der Waals surface area contributed by atoms with Gasteiger partial charge in [-0.15, -0.1) is 0 Å². The van der Waals surface area contributed by atoms with Crippen molar-refractivity contribution < 1.29 is 4.79 Å². The van der Waals surface area contributed by atoms with E-state index in [1.807, 2.05) is 24.0 Å². The molecule has 0 spiro atoms. The number of amides is 1. The number of hydrogen-bond donors (Lipinski definition) is 1. The van der Waals surface area contributed by atoms with Crippen molar-refractivity contribution in [2.75, 3.05) is 11.4 Å². The molecular formula is C23H30N2O. The van der Waals surface area contributed by atoms with Crippen LogP contribution >= 0.6 is 0 Å². The zero-order valence-corrected chi connectivity index (χ0v) is 16.4. The fourth-order valence-corrected chi connectivity index (χ4v) is 3.13. The molecule has 3 nitrogen and oxygen atoms in total. The maximum Gasteiger partial charge on any atom is 0.272 e. The van der Waals surface area contributed by atoms with Crippen LogP contribution in [0.15, 0.2) is 60.5 Å². The molecule has 1 aromatic rings. The Kier molecular flexibility index (Phi) is 7.02.